The van der Waals surface area contributed by atoms with E-state index in [1.165, 1.54) is 32.1 Å². The molecule has 152 valence electrons. The normalized spacial score (nSPS) is 13.2. The van der Waals surface area contributed by atoms with Crippen LogP contribution in [0.3, 0.4) is 0 Å². The van der Waals surface area contributed by atoms with Crippen molar-refractivity contribution in [2.75, 3.05) is 5.75 Å². The average molecular weight is 390 g/mol. The summed E-state index contributed by atoms with van der Waals surface area (Å²) in [6.45, 7) is 2.19. The third kappa shape index (κ3) is 14.1. The predicted octanol–water partition coefficient (Wildman–Crippen LogP) is 3.72. The van der Waals surface area contributed by atoms with Crippen LogP contribution in [-0.4, -0.2) is 34.8 Å². The molecule has 7 heteroatoms. The molecule has 0 amide bonds. The van der Waals surface area contributed by atoms with Gasteiger partial charge in [0.15, 0.2) is 0 Å². The summed E-state index contributed by atoms with van der Waals surface area (Å²) in [5.41, 5.74) is 5.43. The first-order valence-corrected chi connectivity index (χ1v) is 10.4. The fourth-order valence-corrected chi connectivity index (χ4v) is 2.98. The number of aliphatic carboxylic acids is 1. The zero-order valence-electron chi connectivity index (χ0n) is 16.0. The molecule has 0 aromatic heterocycles. The highest BCUT2D eigenvalue weighted by Crippen LogP contribution is 2.21. The Morgan fingerprint density at radius 3 is 2.15 bits per heavy atom. The van der Waals surface area contributed by atoms with Gasteiger partial charge in [0.2, 0.25) is 0 Å². The second kappa shape index (κ2) is 16.1. The average Bonchev–Trinajstić information content (AvgIpc) is 2.59. The van der Waals surface area contributed by atoms with E-state index < -0.39 is 23.9 Å². The van der Waals surface area contributed by atoms with Gasteiger partial charge in [0.25, 0.3) is 0 Å². The zero-order chi connectivity index (χ0) is 19.8. The molecule has 0 aliphatic carbocycles. The number of rotatable bonds is 16. The van der Waals surface area contributed by atoms with E-state index in [2.05, 4.69) is 24.3 Å². The first-order valence-electron chi connectivity index (χ1n) is 9.73. The van der Waals surface area contributed by atoms with Gasteiger partial charge in [-0.05, 0) is 25.2 Å². The third-order valence-electron chi connectivity index (χ3n) is 4.39. The summed E-state index contributed by atoms with van der Waals surface area (Å²) < 4.78 is 4.64. The number of carbonyl (C=O) groups excluding carboxylic acids is 2. The lowest BCUT2D eigenvalue weighted by Crippen LogP contribution is -2.35. The molecule has 0 aromatic carbocycles. The Morgan fingerprint density at radius 2 is 1.58 bits per heavy atom. The van der Waals surface area contributed by atoms with Gasteiger partial charge in [0.1, 0.15) is 6.04 Å². The number of carboxylic acids is 1. The minimum absolute atomic E-state index is 0.0614. The van der Waals surface area contributed by atoms with Crippen molar-refractivity contribution in [2.24, 2.45) is 11.7 Å². The lowest BCUT2D eigenvalue weighted by Gasteiger charge is -2.14. The summed E-state index contributed by atoms with van der Waals surface area (Å²) >= 11 is 3.88. The van der Waals surface area contributed by atoms with Crippen LogP contribution in [0.4, 0.5) is 0 Å². The molecule has 26 heavy (non-hydrogen) atoms. The molecule has 0 fully saturated rings. The number of hydrogen-bond donors (Lipinski definition) is 3. The second-order valence-corrected chi connectivity index (χ2v) is 7.21. The Balaban J connectivity index is 4.00. The molecule has 6 nitrogen and oxygen atoms in total. The quantitative estimate of drug-likeness (QED) is 0.161. The van der Waals surface area contributed by atoms with Gasteiger partial charge in [-0.15, -0.1) is 0 Å². The number of thiol groups is 1. The van der Waals surface area contributed by atoms with Gasteiger partial charge in [-0.2, -0.15) is 12.6 Å². The molecule has 0 saturated heterocycles. The topological polar surface area (TPSA) is 107 Å². The van der Waals surface area contributed by atoms with Crippen molar-refractivity contribution in [1.82, 2.24) is 0 Å². The second-order valence-electron chi connectivity index (χ2n) is 6.85. The number of unbranched alkanes of at least 4 members (excludes halogenated alkanes) is 6. The van der Waals surface area contributed by atoms with Crippen LogP contribution in [0.2, 0.25) is 0 Å². The largest absolute Gasteiger partial charge is 0.481 e. The van der Waals surface area contributed by atoms with Gasteiger partial charge < -0.3 is 15.6 Å². The Morgan fingerprint density at radius 1 is 1.00 bits per heavy atom. The van der Waals surface area contributed by atoms with Crippen molar-refractivity contribution in [3.05, 3.63) is 0 Å². The molecule has 0 rings (SSSR count). The lowest BCUT2D eigenvalue weighted by molar-refractivity contribution is -0.160. The summed E-state index contributed by atoms with van der Waals surface area (Å²) in [6.07, 6.45) is 10.6. The van der Waals surface area contributed by atoms with E-state index in [9.17, 15) is 14.4 Å². The lowest BCUT2D eigenvalue weighted by atomic mass is 9.92. The monoisotopic (exact) mass is 389 g/mol. The highest BCUT2D eigenvalue weighted by molar-refractivity contribution is 7.80. The van der Waals surface area contributed by atoms with Gasteiger partial charge >= 0.3 is 17.9 Å². The maximum atomic E-state index is 11.6. The van der Waals surface area contributed by atoms with Crippen LogP contribution in [-0.2, 0) is 19.1 Å². The Hall–Kier alpha value is -1.08. The molecule has 0 saturated carbocycles. The van der Waals surface area contributed by atoms with Crippen LogP contribution in [0.5, 0.6) is 0 Å². The van der Waals surface area contributed by atoms with E-state index in [1.807, 2.05) is 0 Å². The van der Waals surface area contributed by atoms with Gasteiger partial charge in [0.05, 0.1) is 0 Å². The Labute approximate surface area is 162 Å². The smallest absolute Gasteiger partial charge is 0.331 e. The summed E-state index contributed by atoms with van der Waals surface area (Å²) in [4.78, 5) is 34.0. The third-order valence-corrected chi connectivity index (χ3v) is 4.78. The predicted molar refractivity (Wildman–Crippen MR) is 105 cm³/mol. The summed E-state index contributed by atoms with van der Waals surface area (Å²) in [7, 11) is 0. The summed E-state index contributed by atoms with van der Waals surface area (Å²) in [5.74, 6) is -2.01. The van der Waals surface area contributed by atoms with Crippen molar-refractivity contribution in [2.45, 2.75) is 90.0 Å². The van der Waals surface area contributed by atoms with Crippen LogP contribution in [0.25, 0.3) is 0 Å². The van der Waals surface area contributed by atoms with Crippen molar-refractivity contribution >= 4 is 30.5 Å². The van der Waals surface area contributed by atoms with E-state index in [0.29, 0.717) is 12.8 Å². The van der Waals surface area contributed by atoms with Crippen LogP contribution in [0.15, 0.2) is 0 Å². The van der Waals surface area contributed by atoms with Crippen molar-refractivity contribution in [3.63, 3.8) is 0 Å². The van der Waals surface area contributed by atoms with Crippen LogP contribution in [0, 0.1) is 5.92 Å². The molecule has 0 radical (unpaired) electrons. The maximum absolute atomic E-state index is 11.6. The minimum Gasteiger partial charge on any atom is -0.481 e. The highest BCUT2D eigenvalue weighted by atomic mass is 32.1. The minimum atomic E-state index is -0.903. The number of hydrogen-bond acceptors (Lipinski definition) is 6. The Kier molecular flexibility index (Phi) is 15.5. The van der Waals surface area contributed by atoms with Crippen LogP contribution < -0.4 is 5.73 Å². The molecule has 2 atom stereocenters. The molecular weight excluding hydrogens is 354 g/mol. The fraction of sp³-hybridized carbons (Fsp3) is 0.842. The molecule has 0 aliphatic heterocycles. The molecule has 0 aliphatic rings. The van der Waals surface area contributed by atoms with Gasteiger partial charge in [-0.25, -0.2) is 4.79 Å². The first kappa shape index (κ1) is 24.9. The number of carbonyl (C=O) groups is 3. The van der Waals surface area contributed by atoms with E-state index in [0.717, 1.165) is 19.3 Å². The van der Waals surface area contributed by atoms with Crippen molar-refractivity contribution < 1.29 is 24.2 Å². The van der Waals surface area contributed by atoms with Crippen LogP contribution >= 0.6 is 12.6 Å². The maximum Gasteiger partial charge on any atom is 0.331 e. The van der Waals surface area contributed by atoms with E-state index in [4.69, 9.17) is 10.8 Å². The first-order chi connectivity index (χ1) is 12.4. The van der Waals surface area contributed by atoms with Crippen LogP contribution in [0.1, 0.15) is 84.0 Å². The van der Waals surface area contributed by atoms with Gasteiger partial charge in [-0.3, -0.25) is 9.59 Å². The van der Waals surface area contributed by atoms with Gasteiger partial charge in [0, 0.05) is 18.6 Å². The molecule has 0 bridgehead atoms. The molecule has 0 spiro atoms. The molecule has 1 unspecified atom stereocenters. The number of esters is 2. The number of carboxylic acid groups (broad SMARTS) is 1. The fourth-order valence-electron chi connectivity index (χ4n) is 2.83. The highest BCUT2D eigenvalue weighted by Gasteiger charge is 2.18. The molecular formula is C19H35NO5S. The number of ether oxygens (including phenoxy) is 1. The summed E-state index contributed by atoms with van der Waals surface area (Å²) in [5, 5.41) is 9.04. The van der Waals surface area contributed by atoms with Gasteiger partial charge in [-0.1, -0.05) is 51.9 Å². The summed E-state index contributed by atoms with van der Waals surface area (Å²) in [6, 6.07) is -0.903. The molecule has 3 N–H and O–H groups in total. The molecule has 0 heterocycles. The van der Waals surface area contributed by atoms with Crippen molar-refractivity contribution in [1.29, 1.82) is 0 Å². The van der Waals surface area contributed by atoms with E-state index in [1.54, 1.807) is 0 Å². The SMILES string of the molecule is CCCCCCCCCC(CCCC(=O)OC(=O)[C@@H](N)CS)CC(=O)O. The Bertz CT molecular complexity index is 417. The molecule has 0 aromatic rings. The standard InChI is InChI=1S/C19H35NO5S/c1-2-3-4-5-6-7-8-10-15(13-17(21)22)11-9-12-18(23)25-19(24)16(20)14-26/h15-16,26H,2-14,20H2,1H3,(H,21,22)/t15?,16-/m0/s1. The van der Waals surface area contributed by atoms with E-state index >= 15 is 0 Å². The van der Waals surface area contributed by atoms with E-state index in [-0.39, 0.29) is 24.5 Å². The van der Waals surface area contributed by atoms with Crippen molar-refractivity contribution in [3.8, 4) is 0 Å². The number of nitrogens with two attached hydrogens (primary N) is 1. The zero-order valence-corrected chi connectivity index (χ0v) is 16.8.